The molecule has 0 atom stereocenters. The van der Waals surface area contributed by atoms with E-state index in [9.17, 15) is 24.1 Å². The highest BCUT2D eigenvalue weighted by Crippen LogP contribution is 2.23. The summed E-state index contributed by atoms with van der Waals surface area (Å²) in [6, 6.07) is 11.7. The molecule has 1 N–H and O–H groups in total. The number of nitrogens with zero attached hydrogens (tertiary/aromatic N) is 3. The van der Waals surface area contributed by atoms with Gasteiger partial charge >= 0.3 is 11.8 Å². The monoisotopic (exact) mass is 372 g/mol. The van der Waals surface area contributed by atoms with Gasteiger partial charge in [-0.3, -0.25) is 19.7 Å². The van der Waals surface area contributed by atoms with Gasteiger partial charge in [0.2, 0.25) is 0 Å². The predicted octanol–water partition coefficient (Wildman–Crippen LogP) is 2.02. The second kappa shape index (κ2) is 7.81. The van der Waals surface area contributed by atoms with Crippen LogP contribution in [0, 0.1) is 15.9 Å². The van der Waals surface area contributed by atoms with Crippen molar-refractivity contribution in [3.63, 3.8) is 0 Å². The van der Waals surface area contributed by atoms with Crippen molar-refractivity contribution in [2.24, 2.45) is 0 Å². The lowest BCUT2D eigenvalue weighted by Crippen LogP contribution is -2.51. The number of rotatable bonds is 3. The number of nitro benzene ring substituents is 1. The van der Waals surface area contributed by atoms with Crippen LogP contribution >= 0.6 is 0 Å². The Morgan fingerprint density at radius 3 is 2.26 bits per heavy atom. The number of halogens is 1. The summed E-state index contributed by atoms with van der Waals surface area (Å²) in [4.78, 5) is 38.3. The maximum absolute atomic E-state index is 13.0. The zero-order valence-corrected chi connectivity index (χ0v) is 14.3. The number of nitro groups is 1. The molecule has 0 saturated carbocycles. The number of benzene rings is 2. The number of nitrogens with one attached hydrogen (secondary N) is 1. The number of piperazine rings is 1. The lowest BCUT2D eigenvalue weighted by atomic mass is 10.2. The van der Waals surface area contributed by atoms with E-state index in [4.69, 9.17) is 0 Å². The van der Waals surface area contributed by atoms with E-state index in [0.717, 1.165) is 5.69 Å². The maximum atomic E-state index is 13.0. The number of hydrogen-bond acceptors (Lipinski definition) is 5. The highest BCUT2D eigenvalue weighted by Gasteiger charge is 2.27. The summed E-state index contributed by atoms with van der Waals surface area (Å²) in [5.74, 6) is -1.98. The van der Waals surface area contributed by atoms with Crippen LogP contribution in [0.25, 0.3) is 0 Å². The smallest absolute Gasteiger partial charge is 0.314 e. The highest BCUT2D eigenvalue weighted by molar-refractivity contribution is 6.39. The molecule has 3 rings (SSSR count). The van der Waals surface area contributed by atoms with Crippen LogP contribution in [0.5, 0.6) is 0 Å². The van der Waals surface area contributed by atoms with Crippen molar-refractivity contribution in [3.05, 3.63) is 64.5 Å². The normalized spacial score (nSPS) is 14.0. The molecule has 9 heteroatoms. The van der Waals surface area contributed by atoms with Crippen molar-refractivity contribution in [2.45, 2.75) is 0 Å². The van der Waals surface area contributed by atoms with E-state index >= 15 is 0 Å². The molecule has 0 unspecified atom stereocenters. The molecule has 2 aromatic carbocycles. The van der Waals surface area contributed by atoms with E-state index in [2.05, 4.69) is 5.32 Å². The van der Waals surface area contributed by atoms with Gasteiger partial charge in [0, 0.05) is 37.9 Å². The quantitative estimate of drug-likeness (QED) is 0.505. The molecule has 0 aliphatic carbocycles. The minimum Gasteiger partial charge on any atom is -0.368 e. The summed E-state index contributed by atoms with van der Waals surface area (Å²) in [6.07, 6.45) is 0. The summed E-state index contributed by atoms with van der Waals surface area (Å²) in [7, 11) is 0. The predicted molar refractivity (Wildman–Crippen MR) is 96.9 cm³/mol. The zero-order valence-electron chi connectivity index (χ0n) is 14.3. The lowest BCUT2D eigenvalue weighted by Gasteiger charge is -2.35. The van der Waals surface area contributed by atoms with Crippen molar-refractivity contribution < 1.29 is 18.9 Å². The molecule has 1 heterocycles. The molecule has 0 bridgehead atoms. The van der Waals surface area contributed by atoms with Crippen LogP contribution in [0.2, 0.25) is 0 Å². The average molecular weight is 372 g/mol. The third-order valence-corrected chi connectivity index (χ3v) is 4.30. The molecule has 2 amide bonds. The molecule has 2 aromatic rings. The van der Waals surface area contributed by atoms with Gasteiger partial charge in [-0.25, -0.2) is 4.39 Å². The average Bonchev–Trinajstić information content (AvgIpc) is 2.68. The molecule has 1 aliphatic heterocycles. The van der Waals surface area contributed by atoms with Crippen LogP contribution < -0.4 is 10.2 Å². The molecule has 0 radical (unpaired) electrons. The van der Waals surface area contributed by atoms with Crippen LogP contribution in [0.3, 0.4) is 0 Å². The summed E-state index contributed by atoms with van der Waals surface area (Å²) in [6.45, 7) is 1.63. The van der Waals surface area contributed by atoms with Crippen molar-refractivity contribution >= 4 is 28.9 Å². The Labute approximate surface area is 154 Å². The van der Waals surface area contributed by atoms with Crippen LogP contribution in [0.15, 0.2) is 48.5 Å². The first kappa shape index (κ1) is 18.3. The Kier molecular flexibility index (Phi) is 5.30. The molecule has 0 spiro atoms. The maximum Gasteiger partial charge on any atom is 0.314 e. The third-order valence-electron chi connectivity index (χ3n) is 4.30. The van der Waals surface area contributed by atoms with Crippen LogP contribution in [-0.4, -0.2) is 47.8 Å². The largest absolute Gasteiger partial charge is 0.368 e. The number of anilines is 2. The topological polar surface area (TPSA) is 95.8 Å². The molecule has 0 aromatic heterocycles. The second-order valence-corrected chi connectivity index (χ2v) is 5.98. The van der Waals surface area contributed by atoms with Crippen molar-refractivity contribution in [2.75, 3.05) is 36.4 Å². The van der Waals surface area contributed by atoms with Gasteiger partial charge in [-0.15, -0.1) is 0 Å². The van der Waals surface area contributed by atoms with Gasteiger partial charge in [0.1, 0.15) is 11.5 Å². The molecule has 140 valence electrons. The van der Waals surface area contributed by atoms with E-state index in [0.29, 0.717) is 26.2 Å². The van der Waals surface area contributed by atoms with E-state index in [1.165, 1.54) is 41.3 Å². The van der Waals surface area contributed by atoms with Gasteiger partial charge in [-0.2, -0.15) is 0 Å². The fourth-order valence-corrected chi connectivity index (χ4v) is 2.88. The third kappa shape index (κ3) is 4.20. The first-order valence-electron chi connectivity index (χ1n) is 8.30. The Morgan fingerprint density at radius 2 is 1.63 bits per heavy atom. The van der Waals surface area contributed by atoms with Crippen LogP contribution in [0.4, 0.5) is 21.5 Å². The van der Waals surface area contributed by atoms with E-state index in [1.54, 1.807) is 12.1 Å². The van der Waals surface area contributed by atoms with Crippen molar-refractivity contribution in [1.82, 2.24) is 4.90 Å². The van der Waals surface area contributed by atoms with Crippen LogP contribution in [-0.2, 0) is 9.59 Å². The zero-order chi connectivity index (χ0) is 19.4. The minimum atomic E-state index is -0.917. The summed E-state index contributed by atoms with van der Waals surface area (Å²) in [5, 5.41) is 13.3. The second-order valence-electron chi connectivity index (χ2n) is 5.98. The van der Waals surface area contributed by atoms with E-state index in [1.807, 2.05) is 4.90 Å². The SMILES string of the molecule is O=C(Nc1ccccc1[N+](=O)[O-])C(=O)N1CCN(c2ccc(F)cc2)CC1. The van der Waals surface area contributed by atoms with Crippen molar-refractivity contribution in [3.8, 4) is 0 Å². The molecule has 8 nitrogen and oxygen atoms in total. The van der Waals surface area contributed by atoms with Gasteiger partial charge in [0.25, 0.3) is 5.69 Å². The number of carbonyl (C=O) groups is 2. The first-order chi connectivity index (χ1) is 13.0. The van der Waals surface area contributed by atoms with Gasteiger partial charge in [-0.1, -0.05) is 12.1 Å². The Balaban J connectivity index is 1.60. The molecule has 1 aliphatic rings. The van der Waals surface area contributed by atoms with E-state index < -0.39 is 16.7 Å². The minimum absolute atomic E-state index is 0.0224. The first-order valence-corrected chi connectivity index (χ1v) is 8.30. The summed E-state index contributed by atoms with van der Waals surface area (Å²) >= 11 is 0. The molecule has 1 fully saturated rings. The Morgan fingerprint density at radius 1 is 1.00 bits per heavy atom. The summed E-state index contributed by atoms with van der Waals surface area (Å²) in [5.41, 5.74) is 0.540. The molecular weight excluding hydrogens is 355 g/mol. The fourth-order valence-electron chi connectivity index (χ4n) is 2.88. The number of carbonyl (C=O) groups excluding carboxylic acids is 2. The van der Waals surface area contributed by atoms with E-state index in [-0.39, 0.29) is 17.2 Å². The summed E-state index contributed by atoms with van der Waals surface area (Å²) < 4.78 is 13.0. The molecule has 1 saturated heterocycles. The lowest BCUT2D eigenvalue weighted by molar-refractivity contribution is -0.383. The van der Waals surface area contributed by atoms with Crippen LogP contribution in [0.1, 0.15) is 0 Å². The van der Waals surface area contributed by atoms with Crippen molar-refractivity contribution in [1.29, 1.82) is 0 Å². The van der Waals surface area contributed by atoms with Gasteiger partial charge < -0.3 is 15.1 Å². The van der Waals surface area contributed by atoms with Gasteiger partial charge in [0.05, 0.1) is 4.92 Å². The highest BCUT2D eigenvalue weighted by atomic mass is 19.1. The number of hydrogen-bond donors (Lipinski definition) is 1. The standard InChI is InChI=1S/C18H17FN4O4/c19-13-5-7-14(8-6-13)21-9-11-22(12-10-21)18(25)17(24)20-15-3-1-2-4-16(15)23(26)27/h1-8H,9-12H2,(H,20,24). The van der Waals surface area contributed by atoms with Gasteiger partial charge in [0.15, 0.2) is 0 Å². The Hall–Kier alpha value is -3.49. The Bertz CT molecular complexity index is 864. The van der Waals surface area contributed by atoms with Gasteiger partial charge in [-0.05, 0) is 30.3 Å². The molecule has 27 heavy (non-hydrogen) atoms. The molecular formula is C18H17FN4O4. The fraction of sp³-hybridized carbons (Fsp3) is 0.222. The number of para-hydroxylation sites is 2. The number of amides is 2.